The summed E-state index contributed by atoms with van der Waals surface area (Å²) in [6, 6.07) is 9.37. The number of thiazole rings is 1. The number of benzene rings is 1. The Morgan fingerprint density at radius 1 is 1.03 bits per heavy atom. The lowest BCUT2D eigenvalue weighted by Crippen LogP contribution is -2.51. The molecule has 0 radical (unpaired) electrons. The lowest BCUT2D eigenvalue weighted by molar-refractivity contribution is 0.0577. The first-order valence-electron chi connectivity index (χ1n) is 10.9. The van der Waals surface area contributed by atoms with Gasteiger partial charge in [0.05, 0.1) is 5.69 Å². The summed E-state index contributed by atoms with van der Waals surface area (Å²) in [6.07, 6.45) is 5.39. The largest absolute Gasteiger partial charge is 0.335 e. The van der Waals surface area contributed by atoms with Crippen molar-refractivity contribution >= 4 is 17.2 Å². The maximum Gasteiger partial charge on any atom is 0.265 e. The van der Waals surface area contributed by atoms with Gasteiger partial charge in [0.1, 0.15) is 9.88 Å². The Morgan fingerprint density at radius 3 is 2.24 bits per heavy atom. The van der Waals surface area contributed by atoms with E-state index >= 15 is 0 Å². The number of rotatable bonds is 3. The van der Waals surface area contributed by atoms with Crippen LogP contribution in [-0.2, 0) is 5.41 Å². The first kappa shape index (κ1) is 20.5. The molecule has 2 fully saturated rings. The molecule has 0 spiro atoms. The van der Waals surface area contributed by atoms with E-state index in [-0.39, 0.29) is 11.3 Å². The van der Waals surface area contributed by atoms with Gasteiger partial charge in [-0.2, -0.15) is 0 Å². The Morgan fingerprint density at radius 2 is 1.66 bits per heavy atom. The quantitative estimate of drug-likeness (QED) is 0.704. The monoisotopic (exact) mass is 411 g/mol. The van der Waals surface area contributed by atoms with Gasteiger partial charge in [0.15, 0.2) is 0 Å². The van der Waals surface area contributed by atoms with Gasteiger partial charge < -0.3 is 4.90 Å². The highest BCUT2D eigenvalue weighted by Gasteiger charge is 2.29. The molecule has 1 saturated carbocycles. The summed E-state index contributed by atoms with van der Waals surface area (Å²) < 4.78 is 0. The van der Waals surface area contributed by atoms with Crippen LogP contribution >= 0.6 is 11.3 Å². The van der Waals surface area contributed by atoms with Crippen LogP contribution < -0.4 is 0 Å². The van der Waals surface area contributed by atoms with Gasteiger partial charge in [0.25, 0.3) is 5.91 Å². The minimum Gasteiger partial charge on any atom is -0.335 e. The van der Waals surface area contributed by atoms with Gasteiger partial charge in [-0.15, -0.1) is 11.3 Å². The highest BCUT2D eigenvalue weighted by Crippen LogP contribution is 2.31. The second-order valence-corrected chi connectivity index (χ2v) is 10.5. The van der Waals surface area contributed by atoms with Crippen molar-refractivity contribution in [3.8, 4) is 10.6 Å². The van der Waals surface area contributed by atoms with Crippen molar-refractivity contribution in [1.82, 2.24) is 14.8 Å². The molecule has 1 aromatic carbocycles. The normalized spacial score (nSPS) is 19.1. The van der Waals surface area contributed by atoms with Crippen molar-refractivity contribution in [1.29, 1.82) is 0 Å². The van der Waals surface area contributed by atoms with Crippen LogP contribution in [0.1, 0.15) is 67.4 Å². The number of nitrogens with zero attached hydrogens (tertiary/aromatic N) is 3. The van der Waals surface area contributed by atoms with E-state index in [2.05, 4.69) is 49.9 Å². The van der Waals surface area contributed by atoms with Gasteiger partial charge in [-0.1, -0.05) is 57.9 Å². The van der Waals surface area contributed by atoms with Crippen molar-refractivity contribution in [2.24, 2.45) is 0 Å². The molecule has 5 heteroatoms. The molecule has 1 saturated heterocycles. The Kier molecular flexibility index (Phi) is 5.80. The standard InChI is InChI=1S/C24H33N3OS/c1-17-21(23(28)27-15-13-26(14-16-27)20-7-5-6-8-20)29-22(25-17)18-9-11-19(12-10-18)24(2,3)4/h9-12,20H,5-8,13-16H2,1-4H3. The number of carbonyl (C=O) groups excluding carboxylic acids is 1. The minimum atomic E-state index is 0.138. The summed E-state index contributed by atoms with van der Waals surface area (Å²) in [5.41, 5.74) is 3.40. The molecule has 2 aromatic rings. The second kappa shape index (κ2) is 8.19. The maximum absolute atomic E-state index is 13.2. The van der Waals surface area contributed by atoms with Crippen LogP contribution in [0.15, 0.2) is 24.3 Å². The smallest absolute Gasteiger partial charge is 0.265 e. The maximum atomic E-state index is 13.2. The van der Waals surface area contributed by atoms with E-state index in [0.717, 1.165) is 53.4 Å². The number of carbonyl (C=O) groups is 1. The van der Waals surface area contributed by atoms with E-state index < -0.39 is 0 Å². The zero-order chi connectivity index (χ0) is 20.6. The van der Waals surface area contributed by atoms with Crippen molar-refractivity contribution in [2.75, 3.05) is 26.2 Å². The summed E-state index contributed by atoms with van der Waals surface area (Å²) >= 11 is 1.54. The van der Waals surface area contributed by atoms with Gasteiger partial charge in [-0.3, -0.25) is 9.69 Å². The molecule has 4 rings (SSSR count). The predicted octanol–water partition coefficient (Wildman–Crippen LogP) is 5.12. The highest BCUT2D eigenvalue weighted by atomic mass is 32.1. The van der Waals surface area contributed by atoms with Crippen LogP contribution in [0.25, 0.3) is 10.6 Å². The Hall–Kier alpha value is -1.72. The summed E-state index contributed by atoms with van der Waals surface area (Å²) in [5.74, 6) is 0.156. The molecule has 2 aliphatic rings. The van der Waals surface area contributed by atoms with E-state index in [4.69, 9.17) is 4.98 Å². The first-order chi connectivity index (χ1) is 13.8. The van der Waals surface area contributed by atoms with E-state index in [1.54, 1.807) is 0 Å². The van der Waals surface area contributed by atoms with Crippen molar-refractivity contribution in [2.45, 2.75) is 64.8 Å². The van der Waals surface area contributed by atoms with Crippen molar-refractivity contribution < 1.29 is 4.79 Å². The van der Waals surface area contributed by atoms with Crippen molar-refractivity contribution in [3.05, 3.63) is 40.4 Å². The van der Waals surface area contributed by atoms with E-state index in [0.29, 0.717) is 0 Å². The molecule has 2 heterocycles. The van der Waals surface area contributed by atoms with E-state index in [1.165, 1.54) is 42.6 Å². The van der Waals surface area contributed by atoms with Gasteiger partial charge in [-0.25, -0.2) is 4.98 Å². The third-order valence-electron chi connectivity index (χ3n) is 6.43. The summed E-state index contributed by atoms with van der Waals surface area (Å²) in [4.78, 5) is 23.3. The van der Waals surface area contributed by atoms with Crippen LogP contribution in [0.5, 0.6) is 0 Å². The molecule has 1 amide bonds. The average Bonchev–Trinajstić information content (AvgIpc) is 3.37. The molecule has 0 atom stereocenters. The molecular formula is C24H33N3OS. The number of piperazine rings is 1. The average molecular weight is 412 g/mol. The molecular weight excluding hydrogens is 378 g/mol. The van der Waals surface area contributed by atoms with Gasteiger partial charge in [0, 0.05) is 37.8 Å². The lowest BCUT2D eigenvalue weighted by Gasteiger charge is -2.37. The molecule has 156 valence electrons. The number of aromatic nitrogens is 1. The number of aryl methyl sites for hydroxylation is 1. The van der Waals surface area contributed by atoms with Gasteiger partial charge in [0.2, 0.25) is 0 Å². The fraction of sp³-hybridized carbons (Fsp3) is 0.583. The van der Waals surface area contributed by atoms with Crippen LogP contribution in [0.2, 0.25) is 0 Å². The number of amides is 1. The molecule has 0 N–H and O–H groups in total. The fourth-order valence-corrected chi connectivity index (χ4v) is 5.57. The zero-order valence-corrected chi connectivity index (χ0v) is 19.0. The molecule has 1 aliphatic heterocycles. The second-order valence-electron chi connectivity index (χ2n) is 9.53. The van der Waals surface area contributed by atoms with Gasteiger partial charge in [-0.05, 0) is 30.7 Å². The Labute approximate surface area is 178 Å². The number of hydrogen-bond donors (Lipinski definition) is 0. The third-order valence-corrected chi connectivity index (χ3v) is 7.63. The molecule has 1 aromatic heterocycles. The molecule has 0 unspecified atom stereocenters. The van der Waals surface area contributed by atoms with Crippen LogP contribution in [0.4, 0.5) is 0 Å². The Bertz CT molecular complexity index is 851. The minimum absolute atomic E-state index is 0.138. The van der Waals surface area contributed by atoms with E-state index in [9.17, 15) is 4.79 Å². The number of hydrogen-bond acceptors (Lipinski definition) is 4. The van der Waals surface area contributed by atoms with Crippen LogP contribution in [0.3, 0.4) is 0 Å². The lowest BCUT2D eigenvalue weighted by atomic mass is 9.87. The molecule has 4 nitrogen and oxygen atoms in total. The van der Waals surface area contributed by atoms with Gasteiger partial charge >= 0.3 is 0 Å². The SMILES string of the molecule is Cc1nc(-c2ccc(C(C)(C)C)cc2)sc1C(=O)N1CCN(C2CCCC2)CC1. The highest BCUT2D eigenvalue weighted by molar-refractivity contribution is 7.17. The molecule has 29 heavy (non-hydrogen) atoms. The predicted molar refractivity (Wildman–Crippen MR) is 121 cm³/mol. The van der Waals surface area contributed by atoms with Crippen LogP contribution in [0, 0.1) is 6.92 Å². The van der Waals surface area contributed by atoms with E-state index in [1.807, 2.05) is 11.8 Å². The molecule has 0 bridgehead atoms. The fourth-order valence-electron chi connectivity index (χ4n) is 4.53. The first-order valence-corrected chi connectivity index (χ1v) is 11.8. The summed E-state index contributed by atoms with van der Waals surface area (Å²) in [6.45, 7) is 12.3. The molecule has 1 aliphatic carbocycles. The summed E-state index contributed by atoms with van der Waals surface area (Å²) in [5, 5.41) is 0.941. The topological polar surface area (TPSA) is 36.4 Å². The Balaban J connectivity index is 1.44. The summed E-state index contributed by atoms with van der Waals surface area (Å²) in [7, 11) is 0. The van der Waals surface area contributed by atoms with Crippen molar-refractivity contribution in [3.63, 3.8) is 0 Å². The van der Waals surface area contributed by atoms with Crippen LogP contribution in [-0.4, -0.2) is 52.9 Å². The zero-order valence-electron chi connectivity index (χ0n) is 18.2. The third kappa shape index (κ3) is 4.41.